The molecule has 0 N–H and O–H groups in total. The number of hydrogen-bond donors (Lipinski definition) is 0. The minimum Gasteiger partial charge on any atom is -0.416 e. The third kappa shape index (κ3) is 7.60. The first kappa shape index (κ1) is 21.6. The maximum Gasteiger partial charge on any atom is 0.669 e. The summed E-state index contributed by atoms with van der Waals surface area (Å²) in [5.74, 6) is 0. The van der Waals surface area contributed by atoms with Crippen LogP contribution in [0.2, 0.25) is 39.3 Å². The lowest BCUT2D eigenvalue weighted by atomic mass is 11.8. The largest absolute Gasteiger partial charge is 0.669 e. The summed E-state index contributed by atoms with van der Waals surface area (Å²) >= 11 is 0. The fourth-order valence-corrected chi connectivity index (χ4v) is 16.7. The molecule has 0 unspecified atom stereocenters. The summed E-state index contributed by atoms with van der Waals surface area (Å²) in [5.41, 5.74) is 0. The van der Waals surface area contributed by atoms with Crippen molar-refractivity contribution in [3.63, 3.8) is 0 Å². The van der Waals surface area contributed by atoms with Crippen LogP contribution < -0.4 is 0 Å². The second-order valence-corrected chi connectivity index (χ2v) is 19.3. The van der Waals surface area contributed by atoms with E-state index in [0.717, 1.165) is 0 Å². The van der Waals surface area contributed by atoms with Gasteiger partial charge in [0.15, 0.2) is 0 Å². The summed E-state index contributed by atoms with van der Waals surface area (Å²) < 4.78 is 39.6. The van der Waals surface area contributed by atoms with Gasteiger partial charge < -0.3 is 30.0 Å². The summed E-state index contributed by atoms with van der Waals surface area (Å²) in [4.78, 5) is 0. The Bertz CT molecular complexity index is 312. The molecule has 0 heterocycles. The van der Waals surface area contributed by atoms with E-state index in [1.807, 2.05) is 39.3 Å². The van der Waals surface area contributed by atoms with Gasteiger partial charge in [-0.15, -0.1) is 0 Å². The van der Waals surface area contributed by atoms with Gasteiger partial charge in [-0.25, -0.2) is 0 Å². The molecule has 0 aromatic carbocycles. The van der Waals surface area contributed by atoms with E-state index in [1.165, 1.54) is 21.3 Å². The number of rotatable bonds is 10. The molecule has 11 heteroatoms. The van der Waals surface area contributed by atoms with Crippen LogP contribution in [0.1, 0.15) is 0 Å². The average Bonchev–Trinajstić information content (AvgIpc) is 2.33. The van der Waals surface area contributed by atoms with Crippen molar-refractivity contribution in [2.75, 3.05) is 28.4 Å². The van der Waals surface area contributed by atoms with E-state index in [-0.39, 0.29) is 0 Å². The molecular weight excluding hydrogens is 344 g/mol. The van der Waals surface area contributed by atoms with Crippen molar-refractivity contribution < 1.29 is 30.0 Å². The molecule has 0 radical (unpaired) electrons. The van der Waals surface area contributed by atoms with Crippen LogP contribution in [0.5, 0.6) is 0 Å². The molecule has 0 aromatic heterocycles. The normalized spacial score (nSPS) is 14.6. The van der Waals surface area contributed by atoms with E-state index >= 15 is 0 Å². The topological polar surface area (TPSA) is 64.6 Å². The highest BCUT2D eigenvalue weighted by Gasteiger charge is 2.51. The van der Waals surface area contributed by atoms with Crippen LogP contribution in [-0.4, -0.2) is 63.2 Å². The molecule has 0 atom stereocenters. The van der Waals surface area contributed by atoms with Gasteiger partial charge in [-0.1, -0.05) is 0 Å². The van der Waals surface area contributed by atoms with Crippen molar-refractivity contribution in [2.45, 2.75) is 39.3 Å². The second kappa shape index (κ2) is 7.92. The fourth-order valence-electron chi connectivity index (χ4n) is 1.94. The van der Waals surface area contributed by atoms with Gasteiger partial charge in [0.25, 0.3) is 0 Å². The molecule has 0 spiro atoms. The molecule has 0 saturated carbocycles. The molecule has 0 fully saturated rings. The summed E-state index contributed by atoms with van der Waals surface area (Å²) in [6, 6.07) is 0. The lowest BCUT2D eigenvalue weighted by Gasteiger charge is -2.39. The Morgan fingerprint density at radius 1 is 0.429 bits per heavy atom. The van der Waals surface area contributed by atoms with Gasteiger partial charge in [0, 0.05) is 28.4 Å². The van der Waals surface area contributed by atoms with Crippen LogP contribution in [0.3, 0.4) is 0 Å². The van der Waals surface area contributed by atoms with Crippen LogP contribution in [0.4, 0.5) is 0 Å². The highest BCUT2D eigenvalue weighted by Crippen LogP contribution is 2.24. The second-order valence-electron chi connectivity index (χ2n) is 5.82. The van der Waals surface area contributed by atoms with Crippen molar-refractivity contribution >= 4 is 34.7 Å². The van der Waals surface area contributed by atoms with Crippen molar-refractivity contribution in [3.8, 4) is 0 Å². The zero-order valence-corrected chi connectivity index (χ0v) is 18.9. The molecule has 0 rings (SSSR count). The zero-order chi connectivity index (χ0) is 16.9. The van der Waals surface area contributed by atoms with Crippen LogP contribution >= 0.6 is 0 Å². The van der Waals surface area contributed by atoms with Crippen LogP contribution in [0.25, 0.3) is 0 Å². The molecular formula is C10H30O7Si4. The first-order valence-corrected chi connectivity index (χ1v) is 16.8. The maximum absolute atomic E-state index is 6.21. The summed E-state index contributed by atoms with van der Waals surface area (Å²) in [6.07, 6.45) is 0. The molecule has 0 aromatic rings. The summed E-state index contributed by atoms with van der Waals surface area (Å²) in [6.45, 7) is 11.8. The smallest absolute Gasteiger partial charge is 0.416 e. The van der Waals surface area contributed by atoms with Gasteiger partial charge in [0.1, 0.15) is 0 Å². The quantitative estimate of drug-likeness (QED) is 0.543. The SMILES string of the molecule is CO[Si](C)(C)O[Si](C)(C)O[Si](C)(C)O[Si](OC)(OC)OC. The minimum absolute atomic E-state index is 1.50. The molecule has 0 bridgehead atoms. The van der Waals surface area contributed by atoms with Gasteiger partial charge >= 0.3 is 34.7 Å². The molecule has 0 aliphatic rings. The van der Waals surface area contributed by atoms with E-state index in [9.17, 15) is 0 Å². The minimum atomic E-state index is -3.14. The molecule has 0 aliphatic carbocycles. The predicted molar refractivity (Wildman–Crippen MR) is 89.5 cm³/mol. The number of hydrogen-bond acceptors (Lipinski definition) is 7. The van der Waals surface area contributed by atoms with Crippen molar-refractivity contribution in [3.05, 3.63) is 0 Å². The molecule has 0 aliphatic heterocycles. The van der Waals surface area contributed by atoms with Gasteiger partial charge in [0.05, 0.1) is 0 Å². The zero-order valence-electron chi connectivity index (χ0n) is 14.9. The molecule has 21 heavy (non-hydrogen) atoms. The standard InChI is InChI=1S/C10H30O7Si4/c1-11-18(5,6)15-19(7,8)16-20(9,10)17-21(12-2,13-3)14-4/h1-10H3. The van der Waals surface area contributed by atoms with Crippen molar-refractivity contribution in [1.29, 1.82) is 0 Å². The van der Waals surface area contributed by atoms with Gasteiger partial charge in [-0.2, -0.15) is 0 Å². The van der Waals surface area contributed by atoms with Crippen LogP contribution in [0, 0.1) is 0 Å². The first-order chi connectivity index (χ1) is 9.36. The van der Waals surface area contributed by atoms with Gasteiger partial charge in [0.2, 0.25) is 0 Å². The van der Waals surface area contributed by atoms with Crippen LogP contribution in [-0.2, 0) is 30.0 Å². The van der Waals surface area contributed by atoms with E-state index < -0.39 is 34.7 Å². The lowest BCUT2D eigenvalue weighted by Crippen LogP contribution is -2.60. The van der Waals surface area contributed by atoms with Gasteiger partial charge in [-0.05, 0) is 39.3 Å². The van der Waals surface area contributed by atoms with Gasteiger partial charge in [-0.3, -0.25) is 0 Å². The van der Waals surface area contributed by atoms with Crippen molar-refractivity contribution in [2.24, 2.45) is 0 Å². The Hall–Kier alpha value is 0.588. The Morgan fingerprint density at radius 2 is 0.762 bits per heavy atom. The Balaban J connectivity index is 4.94. The lowest BCUT2D eigenvalue weighted by molar-refractivity contribution is 0.0404. The fraction of sp³-hybridized carbons (Fsp3) is 1.00. The third-order valence-corrected chi connectivity index (χ3v) is 15.9. The van der Waals surface area contributed by atoms with Crippen molar-refractivity contribution in [1.82, 2.24) is 0 Å². The molecule has 0 saturated heterocycles. The molecule has 7 nitrogen and oxygen atoms in total. The Kier molecular flexibility index (Phi) is 8.14. The first-order valence-electron chi connectivity index (χ1n) is 6.67. The highest BCUT2D eigenvalue weighted by atomic mass is 28.5. The predicted octanol–water partition coefficient (Wildman–Crippen LogP) is 2.16. The van der Waals surface area contributed by atoms with E-state index in [4.69, 9.17) is 30.0 Å². The Morgan fingerprint density at radius 3 is 1.10 bits per heavy atom. The summed E-state index contributed by atoms with van der Waals surface area (Å²) in [7, 11) is -4.10. The van der Waals surface area contributed by atoms with E-state index in [0.29, 0.717) is 0 Å². The van der Waals surface area contributed by atoms with E-state index in [1.54, 1.807) is 7.11 Å². The Labute approximate surface area is 133 Å². The highest BCUT2D eigenvalue weighted by molar-refractivity contribution is 6.86. The van der Waals surface area contributed by atoms with Crippen LogP contribution in [0.15, 0.2) is 0 Å². The maximum atomic E-state index is 6.21. The summed E-state index contributed by atoms with van der Waals surface area (Å²) in [5, 5.41) is 0. The van der Waals surface area contributed by atoms with E-state index in [2.05, 4.69) is 0 Å². The monoisotopic (exact) mass is 374 g/mol. The third-order valence-electron chi connectivity index (χ3n) is 2.60. The molecule has 128 valence electrons. The average molecular weight is 375 g/mol. The molecule has 0 amide bonds.